The van der Waals surface area contributed by atoms with Crippen molar-refractivity contribution in [1.29, 1.82) is 0 Å². The monoisotopic (exact) mass is 462 g/mol. The van der Waals surface area contributed by atoms with Gasteiger partial charge in [0.1, 0.15) is 0 Å². The number of sulfonamides is 1. The lowest BCUT2D eigenvalue weighted by atomic mass is 9.88. The predicted octanol–water partition coefficient (Wildman–Crippen LogP) is 5.56. The predicted molar refractivity (Wildman–Crippen MR) is 132 cm³/mol. The van der Waals surface area contributed by atoms with Crippen molar-refractivity contribution in [2.45, 2.75) is 56.9 Å². The smallest absolute Gasteiger partial charge is 0.261 e. The molecule has 0 aromatic heterocycles. The van der Waals surface area contributed by atoms with Gasteiger partial charge in [0.25, 0.3) is 15.9 Å². The van der Waals surface area contributed by atoms with E-state index in [2.05, 4.69) is 35.2 Å². The molecule has 0 heterocycles. The average Bonchev–Trinajstić information content (AvgIpc) is 2.84. The normalized spacial score (nSPS) is 14.2. The highest BCUT2D eigenvalue weighted by Crippen LogP contribution is 2.27. The second-order valence-electron chi connectivity index (χ2n) is 8.57. The van der Waals surface area contributed by atoms with Crippen LogP contribution < -0.4 is 10.0 Å². The molecule has 2 N–H and O–H groups in total. The molecule has 0 fully saturated rings. The lowest BCUT2D eigenvalue weighted by molar-refractivity contribution is 0.0935. The van der Waals surface area contributed by atoms with Gasteiger partial charge in [0, 0.05) is 5.56 Å². The second kappa shape index (κ2) is 9.79. The minimum Gasteiger partial charge on any atom is -0.345 e. The summed E-state index contributed by atoms with van der Waals surface area (Å²) in [7, 11) is -3.74. The highest BCUT2D eigenvalue weighted by atomic mass is 32.2. The summed E-state index contributed by atoms with van der Waals surface area (Å²) in [6.45, 7) is 3.82. The van der Waals surface area contributed by atoms with Crippen molar-refractivity contribution in [3.05, 3.63) is 94.5 Å². The van der Waals surface area contributed by atoms with Crippen LogP contribution in [0.15, 0.2) is 71.6 Å². The van der Waals surface area contributed by atoms with E-state index < -0.39 is 10.0 Å². The molecule has 0 saturated carbocycles. The fraction of sp³-hybridized carbons (Fsp3) is 0.296. The van der Waals surface area contributed by atoms with Gasteiger partial charge < -0.3 is 5.32 Å². The molecule has 1 atom stereocenters. The Kier molecular flexibility index (Phi) is 6.84. The second-order valence-corrected chi connectivity index (χ2v) is 10.2. The van der Waals surface area contributed by atoms with Crippen molar-refractivity contribution >= 4 is 21.6 Å². The number of carbonyl (C=O) groups is 1. The van der Waals surface area contributed by atoms with E-state index in [9.17, 15) is 13.2 Å². The summed E-state index contributed by atoms with van der Waals surface area (Å²) in [5, 5.41) is 3.15. The Morgan fingerprint density at radius 2 is 1.67 bits per heavy atom. The van der Waals surface area contributed by atoms with Gasteiger partial charge in [-0.3, -0.25) is 9.52 Å². The Balaban J connectivity index is 1.55. The fourth-order valence-corrected chi connectivity index (χ4v) is 5.57. The number of amides is 1. The van der Waals surface area contributed by atoms with Crippen molar-refractivity contribution in [3.63, 3.8) is 0 Å². The first kappa shape index (κ1) is 23.1. The van der Waals surface area contributed by atoms with Crippen molar-refractivity contribution in [3.8, 4) is 0 Å². The minimum atomic E-state index is -3.74. The minimum absolute atomic E-state index is 0.103. The van der Waals surface area contributed by atoms with Crippen molar-refractivity contribution in [1.82, 2.24) is 5.32 Å². The maximum Gasteiger partial charge on any atom is 0.261 e. The summed E-state index contributed by atoms with van der Waals surface area (Å²) >= 11 is 0. The van der Waals surface area contributed by atoms with Crippen molar-refractivity contribution < 1.29 is 13.2 Å². The fourth-order valence-electron chi connectivity index (χ4n) is 4.42. The number of aryl methyl sites for hydroxylation is 2. The summed E-state index contributed by atoms with van der Waals surface area (Å²) in [5.41, 5.74) is 5.37. The number of benzene rings is 3. The summed E-state index contributed by atoms with van der Waals surface area (Å²) < 4.78 is 28.1. The third-order valence-corrected chi connectivity index (χ3v) is 7.75. The number of fused-ring (bicyclic) bond motifs is 1. The molecule has 0 unspecified atom stereocenters. The van der Waals surface area contributed by atoms with Crippen LogP contribution in [0, 0.1) is 6.92 Å². The number of hydrogen-bond acceptors (Lipinski definition) is 3. The molecular formula is C27H30N2O3S. The van der Waals surface area contributed by atoms with Crippen LogP contribution in [0.25, 0.3) is 0 Å². The zero-order valence-corrected chi connectivity index (χ0v) is 19.9. The number of rotatable bonds is 7. The quantitative estimate of drug-likeness (QED) is 0.483. The Labute approximate surface area is 196 Å². The molecule has 5 nitrogen and oxygen atoms in total. The number of anilines is 1. The third kappa shape index (κ3) is 5.11. The molecule has 3 aromatic carbocycles. The molecular weight excluding hydrogens is 432 g/mol. The molecule has 6 heteroatoms. The van der Waals surface area contributed by atoms with Gasteiger partial charge in [-0.25, -0.2) is 8.42 Å². The van der Waals surface area contributed by atoms with E-state index in [-0.39, 0.29) is 16.8 Å². The Bertz CT molecular complexity index is 1250. The van der Waals surface area contributed by atoms with Gasteiger partial charge in [0.15, 0.2) is 0 Å². The zero-order chi connectivity index (χ0) is 23.4. The lowest BCUT2D eigenvalue weighted by Crippen LogP contribution is -2.29. The van der Waals surface area contributed by atoms with Gasteiger partial charge in [-0.15, -0.1) is 0 Å². The standard InChI is InChI=1S/C27H30N2O3S/c1-3-25(22-17-16-20-10-7-8-11-21(20)18-22)28-27(30)24-14-9-15-26(19(24)2)29-33(31,32)23-12-5-4-6-13-23/h4-6,9,12-18,25,29H,3,7-8,10-11H2,1-2H3,(H,28,30)/t25-/m0/s1. The summed E-state index contributed by atoms with van der Waals surface area (Å²) in [4.78, 5) is 13.4. The Morgan fingerprint density at radius 1 is 0.939 bits per heavy atom. The van der Waals surface area contributed by atoms with Crippen LogP contribution in [-0.4, -0.2) is 14.3 Å². The molecule has 1 aliphatic carbocycles. The van der Waals surface area contributed by atoms with E-state index in [1.54, 1.807) is 55.5 Å². The van der Waals surface area contributed by atoms with E-state index in [0.717, 1.165) is 24.8 Å². The SMILES string of the molecule is CC[C@H](NC(=O)c1cccc(NS(=O)(=O)c2ccccc2)c1C)c1ccc2c(c1)CCCC2. The molecule has 1 amide bonds. The van der Waals surface area contributed by atoms with E-state index in [1.165, 1.54) is 24.0 Å². The average molecular weight is 463 g/mol. The van der Waals surface area contributed by atoms with E-state index in [4.69, 9.17) is 0 Å². The van der Waals surface area contributed by atoms with Crippen LogP contribution in [0.4, 0.5) is 5.69 Å². The highest BCUT2D eigenvalue weighted by molar-refractivity contribution is 7.92. The first-order valence-corrected chi connectivity index (χ1v) is 13.0. The van der Waals surface area contributed by atoms with Gasteiger partial charge in [0.2, 0.25) is 0 Å². The molecule has 0 spiro atoms. The number of carbonyl (C=O) groups excluding carboxylic acids is 1. The van der Waals surface area contributed by atoms with Crippen LogP contribution >= 0.6 is 0 Å². The lowest BCUT2D eigenvalue weighted by Gasteiger charge is -2.22. The van der Waals surface area contributed by atoms with Crippen LogP contribution in [0.5, 0.6) is 0 Å². The Morgan fingerprint density at radius 3 is 2.39 bits per heavy atom. The third-order valence-electron chi connectivity index (χ3n) is 6.36. The number of nitrogens with one attached hydrogen (secondary N) is 2. The van der Waals surface area contributed by atoms with Gasteiger partial charge in [-0.05, 0) is 85.5 Å². The first-order chi connectivity index (χ1) is 15.9. The van der Waals surface area contributed by atoms with E-state index in [1.807, 2.05) is 0 Å². The van der Waals surface area contributed by atoms with Gasteiger partial charge in [-0.2, -0.15) is 0 Å². The molecule has 0 radical (unpaired) electrons. The van der Waals surface area contributed by atoms with Crippen molar-refractivity contribution in [2.75, 3.05) is 4.72 Å². The summed E-state index contributed by atoms with van der Waals surface area (Å²) in [6, 6.07) is 19.8. The largest absolute Gasteiger partial charge is 0.345 e. The summed E-state index contributed by atoms with van der Waals surface area (Å²) in [5.74, 6) is -0.210. The van der Waals surface area contributed by atoms with Crippen LogP contribution in [-0.2, 0) is 22.9 Å². The first-order valence-electron chi connectivity index (χ1n) is 11.5. The number of hydrogen-bond donors (Lipinski definition) is 2. The maximum atomic E-state index is 13.2. The highest BCUT2D eigenvalue weighted by Gasteiger charge is 2.21. The molecule has 172 valence electrons. The topological polar surface area (TPSA) is 75.3 Å². The van der Waals surface area contributed by atoms with Crippen LogP contribution in [0.2, 0.25) is 0 Å². The van der Waals surface area contributed by atoms with Crippen LogP contribution in [0.3, 0.4) is 0 Å². The van der Waals surface area contributed by atoms with E-state index in [0.29, 0.717) is 16.8 Å². The van der Waals surface area contributed by atoms with Gasteiger partial charge in [-0.1, -0.05) is 49.4 Å². The molecule has 0 bridgehead atoms. The van der Waals surface area contributed by atoms with Gasteiger partial charge >= 0.3 is 0 Å². The maximum absolute atomic E-state index is 13.2. The Hall–Kier alpha value is -3.12. The zero-order valence-electron chi connectivity index (χ0n) is 19.1. The van der Waals surface area contributed by atoms with E-state index >= 15 is 0 Å². The molecule has 3 aromatic rings. The molecule has 1 aliphatic rings. The molecule has 0 saturated heterocycles. The molecule has 0 aliphatic heterocycles. The summed E-state index contributed by atoms with van der Waals surface area (Å²) in [6.07, 6.45) is 5.44. The van der Waals surface area contributed by atoms with Crippen molar-refractivity contribution in [2.24, 2.45) is 0 Å². The van der Waals surface area contributed by atoms with Gasteiger partial charge in [0.05, 0.1) is 16.6 Å². The molecule has 4 rings (SSSR count). The molecule has 33 heavy (non-hydrogen) atoms. The van der Waals surface area contributed by atoms with Crippen LogP contribution in [0.1, 0.15) is 64.8 Å².